The number of aliphatic hydroxyl groups excluding tert-OH is 1. The molecule has 1 heterocycles. The highest BCUT2D eigenvalue weighted by atomic mass is 79.9. The lowest BCUT2D eigenvalue weighted by Crippen LogP contribution is -2.21. The predicted octanol–water partition coefficient (Wildman–Crippen LogP) is 1.95. The minimum absolute atomic E-state index is 0.262. The first-order valence-corrected chi connectivity index (χ1v) is 5.94. The number of pyridine rings is 1. The van der Waals surface area contributed by atoms with Crippen LogP contribution in [0.25, 0.3) is 0 Å². The standard InChI is InChI=1S/C11H17BrN2O/c1-9(5-6-15)7-13-8-10-3-2-4-11(12)14-10/h2-4,9,13,15H,5-8H2,1H3. The second kappa shape index (κ2) is 6.93. The zero-order valence-corrected chi connectivity index (χ0v) is 10.5. The van der Waals surface area contributed by atoms with E-state index in [1.165, 1.54) is 0 Å². The van der Waals surface area contributed by atoms with Crippen LogP contribution in [0, 0.1) is 5.92 Å². The number of rotatable bonds is 6. The smallest absolute Gasteiger partial charge is 0.106 e. The fraction of sp³-hybridized carbons (Fsp3) is 0.545. The van der Waals surface area contributed by atoms with E-state index >= 15 is 0 Å². The Hall–Kier alpha value is -0.450. The maximum Gasteiger partial charge on any atom is 0.106 e. The highest BCUT2D eigenvalue weighted by Gasteiger charge is 2.01. The van der Waals surface area contributed by atoms with Crippen LogP contribution in [0.4, 0.5) is 0 Å². The molecule has 3 nitrogen and oxygen atoms in total. The van der Waals surface area contributed by atoms with Crippen LogP contribution in [0.1, 0.15) is 19.0 Å². The Labute approximate surface area is 99.1 Å². The number of halogens is 1. The van der Waals surface area contributed by atoms with E-state index in [1.807, 2.05) is 18.2 Å². The van der Waals surface area contributed by atoms with Gasteiger partial charge >= 0.3 is 0 Å². The molecule has 15 heavy (non-hydrogen) atoms. The molecular formula is C11H17BrN2O. The molecule has 0 radical (unpaired) electrons. The Morgan fingerprint density at radius 3 is 3.00 bits per heavy atom. The third kappa shape index (κ3) is 5.25. The van der Waals surface area contributed by atoms with Gasteiger partial charge in [-0.05, 0) is 46.9 Å². The van der Waals surface area contributed by atoms with Crippen molar-refractivity contribution in [2.45, 2.75) is 19.9 Å². The van der Waals surface area contributed by atoms with Crippen molar-refractivity contribution in [3.63, 3.8) is 0 Å². The van der Waals surface area contributed by atoms with Crippen LogP contribution < -0.4 is 5.32 Å². The van der Waals surface area contributed by atoms with Gasteiger partial charge in [0.2, 0.25) is 0 Å². The highest BCUT2D eigenvalue weighted by Crippen LogP contribution is 2.06. The van der Waals surface area contributed by atoms with Gasteiger partial charge in [0.1, 0.15) is 4.60 Å². The first kappa shape index (κ1) is 12.6. The topological polar surface area (TPSA) is 45.1 Å². The molecule has 1 aromatic heterocycles. The van der Waals surface area contributed by atoms with Crippen LogP contribution in [0.5, 0.6) is 0 Å². The molecule has 0 aliphatic carbocycles. The van der Waals surface area contributed by atoms with Crippen LogP contribution in [0.3, 0.4) is 0 Å². The van der Waals surface area contributed by atoms with Crippen molar-refractivity contribution in [3.8, 4) is 0 Å². The van der Waals surface area contributed by atoms with Crippen molar-refractivity contribution in [3.05, 3.63) is 28.5 Å². The van der Waals surface area contributed by atoms with E-state index in [1.54, 1.807) is 0 Å². The summed E-state index contributed by atoms with van der Waals surface area (Å²) in [7, 11) is 0. The normalized spacial score (nSPS) is 12.7. The van der Waals surface area contributed by atoms with Crippen molar-refractivity contribution in [1.82, 2.24) is 10.3 Å². The zero-order valence-electron chi connectivity index (χ0n) is 8.91. The largest absolute Gasteiger partial charge is 0.396 e. The van der Waals surface area contributed by atoms with Gasteiger partial charge in [-0.3, -0.25) is 0 Å². The van der Waals surface area contributed by atoms with Crippen LogP contribution in [0.2, 0.25) is 0 Å². The van der Waals surface area contributed by atoms with Gasteiger partial charge in [0.05, 0.1) is 5.69 Å². The van der Waals surface area contributed by atoms with Crippen LogP contribution in [-0.4, -0.2) is 23.2 Å². The summed E-state index contributed by atoms with van der Waals surface area (Å²) in [5, 5.41) is 12.1. The van der Waals surface area contributed by atoms with Crippen LogP contribution in [0.15, 0.2) is 22.8 Å². The van der Waals surface area contributed by atoms with E-state index in [0.717, 1.165) is 29.8 Å². The molecule has 1 unspecified atom stereocenters. The zero-order chi connectivity index (χ0) is 11.1. The van der Waals surface area contributed by atoms with Gasteiger partial charge < -0.3 is 10.4 Å². The summed E-state index contributed by atoms with van der Waals surface area (Å²) in [6.45, 7) is 4.07. The summed E-state index contributed by atoms with van der Waals surface area (Å²) in [5.41, 5.74) is 1.03. The van der Waals surface area contributed by atoms with Gasteiger partial charge in [-0.1, -0.05) is 13.0 Å². The first-order chi connectivity index (χ1) is 7.22. The van der Waals surface area contributed by atoms with Crippen LogP contribution in [-0.2, 0) is 6.54 Å². The Bertz CT molecular complexity index is 294. The molecule has 0 aliphatic rings. The fourth-order valence-corrected chi connectivity index (χ4v) is 1.70. The lowest BCUT2D eigenvalue weighted by Gasteiger charge is -2.10. The Morgan fingerprint density at radius 2 is 2.33 bits per heavy atom. The second-order valence-electron chi connectivity index (χ2n) is 3.70. The van der Waals surface area contributed by atoms with Crippen molar-refractivity contribution < 1.29 is 5.11 Å². The van der Waals surface area contributed by atoms with Gasteiger partial charge in [0.25, 0.3) is 0 Å². The van der Waals surface area contributed by atoms with Gasteiger partial charge in [-0.2, -0.15) is 0 Å². The average Bonchev–Trinajstić information content (AvgIpc) is 2.18. The van der Waals surface area contributed by atoms with Gasteiger partial charge in [-0.25, -0.2) is 4.98 Å². The van der Waals surface area contributed by atoms with E-state index in [4.69, 9.17) is 5.11 Å². The maximum absolute atomic E-state index is 8.74. The molecule has 1 rings (SSSR count). The van der Waals surface area contributed by atoms with Crippen molar-refractivity contribution in [2.75, 3.05) is 13.2 Å². The minimum atomic E-state index is 0.262. The molecule has 4 heteroatoms. The molecule has 0 bridgehead atoms. The average molecular weight is 273 g/mol. The van der Waals surface area contributed by atoms with Crippen LogP contribution >= 0.6 is 15.9 Å². The molecule has 0 saturated carbocycles. The number of hydrogen-bond acceptors (Lipinski definition) is 3. The summed E-state index contributed by atoms with van der Waals surface area (Å²) in [6, 6.07) is 5.89. The van der Waals surface area contributed by atoms with Crippen molar-refractivity contribution in [2.24, 2.45) is 5.92 Å². The summed E-state index contributed by atoms with van der Waals surface area (Å²) >= 11 is 3.34. The molecule has 0 amide bonds. The van der Waals surface area contributed by atoms with Gasteiger partial charge in [0, 0.05) is 13.2 Å². The van der Waals surface area contributed by atoms with E-state index in [9.17, 15) is 0 Å². The third-order valence-corrected chi connectivity index (χ3v) is 2.64. The lowest BCUT2D eigenvalue weighted by atomic mass is 10.1. The maximum atomic E-state index is 8.74. The molecule has 0 saturated heterocycles. The molecule has 84 valence electrons. The van der Waals surface area contributed by atoms with Gasteiger partial charge in [0.15, 0.2) is 0 Å². The number of aliphatic hydroxyl groups is 1. The lowest BCUT2D eigenvalue weighted by molar-refractivity contribution is 0.260. The molecule has 0 aromatic carbocycles. The summed E-state index contributed by atoms with van der Waals surface area (Å²) in [5.74, 6) is 0.502. The van der Waals surface area contributed by atoms with E-state index in [2.05, 4.69) is 33.2 Å². The molecule has 2 N–H and O–H groups in total. The number of nitrogens with one attached hydrogen (secondary N) is 1. The molecule has 1 atom stereocenters. The Kier molecular flexibility index (Phi) is 5.83. The van der Waals surface area contributed by atoms with E-state index in [-0.39, 0.29) is 6.61 Å². The predicted molar refractivity (Wildman–Crippen MR) is 64.5 cm³/mol. The molecule has 0 fully saturated rings. The van der Waals surface area contributed by atoms with Crippen molar-refractivity contribution in [1.29, 1.82) is 0 Å². The summed E-state index contributed by atoms with van der Waals surface area (Å²) in [4.78, 5) is 4.32. The van der Waals surface area contributed by atoms with Gasteiger partial charge in [-0.15, -0.1) is 0 Å². The molecular weight excluding hydrogens is 256 g/mol. The SMILES string of the molecule is CC(CCO)CNCc1cccc(Br)n1. The van der Waals surface area contributed by atoms with Crippen molar-refractivity contribution >= 4 is 15.9 Å². The molecule has 0 spiro atoms. The minimum Gasteiger partial charge on any atom is -0.396 e. The van der Waals surface area contributed by atoms with E-state index in [0.29, 0.717) is 5.92 Å². The molecule has 1 aromatic rings. The Morgan fingerprint density at radius 1 is 1.53 bits per heavy atom. The summed E-state index contributed by atoms with van der Waals surface area (Å²) < 4.78 is 0.866. The first-order valence-electron chi connectivity index (χ1n) is 5.15. The number of aromatic nitrogens is 1. The number of hydrogen-bond donors (Lipinski definition) is 2. The van der Waals surface area contributed by atoms with E-state index < -0.39 is 0 Å². The third-order valence-electron chi connectivity index (χ3n) is 2.19. The summed E-state index contributed by atoms with van der Waals surface area (Å²) in [6.07, 6.45) is 0.846. The Balaban J connectivity index is 2.25. The quantitative estimate of drug-likeness (QED) is 0.779. The molecule has 0 aliphatic heterocycles. The number of nitrogens with zero attached hydrogens (tertiary/aromatic N) is 1. The monoisotopic (exact) mass is 272 g/mol. The second-order valence-corrected chi connectivity index (χ2v) is 4.51. The highest BCUT2D eigenvalue weighted by molar-refractivity contribution is 9.10. The fourth-order valence-electron chi connectivity index (χ4n) is 1.32.